The zero-order valence-electron chi connectivity index (χ0n) is 22.2. The van der Waals surface area contributed by atoms with Crippen LogP contribution < -0.4 is 32.9 Å². The molecular weight excluding hydrogens is 534 g/mol. The summed E-state index contributed by atoms with van der Waals surface area (Å²) in [5, 5.41) is 4.01. The van der Waals surface area contributed by atoms with Crippen LogP contribution in [0.4, 0.5) is 5.69 Å². The monoisotopic (exact) mass is 563 g/mol. The molecular formula is C30H30ClN3O4S. The predicted octanol–water partition coefficient (Wildman–Crippen LogP) is 2.65. The molecule has 0 aliphatic carbocycles. The SMILES string of the molecule is COc1ccc(-c2cnsc2-c2cc(C)c(C)c(OC)c2)cc1NC(=O)[C@H]([NH3+])Cc1cc2ccccc2o1.[Cl-]. The van der Waals surface area contributed by atoms with Crippen molar-refractivity contribution in [1.82, 2.24) is 4.37 Å². The topological polar surface area (TPSA) is 101 Å². The number of carbonyl (C=O) groups is 1. The summed E-state index contributed by atoms with van der Waals surface area (Å²) < 4.78 is 21.5. The summed E-state index contributed by atoms with van der Waals surface area (Å²) in [5.41, 5.74) is 10.6. The van der Waals surface area contributed by atoms with Crippen molar-refractivity contribution >= 4 is 34.1 Å². The smallest absolute Gasteiger partial charge is 0.283 e. The third-order valence-electron chi connectivity index (χ3n) is 6.74. The predicted molar refractivity (Wildman–Crippen MR) is 151 cm³/mol. The van der Waals surface area contributed by atoms with Crippen molar-refractivity contribution in [3.05, 3.63) is 83.7 Å². The summed E-state index contributed by atoms with van der Waals surface area (Å²) >= 11 is 1.42. The van der Waals surface area contributed by atoms with Gasteiger partial charge in [0.2, 0.25) is 0 Å². The second kappa shape index (κ2) is 11.9. The first-order chi connectivity index (χ1) is 18.4. The van der Waals surface area contributed by atoms with E-state index >= 15 is 0 Å². The molecule has 5 aromatic rings. The van der Waals surface area contributed by atoms with E-state index in [2.05, 4.69) is 28.4 Å². The van der Waals surface area contributed by atoms with Crippen LogP contribution >= 0.6 is 11.5 Å². The van der Waals surface area contributed by atoms with Gasteiger partial charge in [-0.25, -0.2) is 0 Å². The fourth-order valence-electron chi connectivity index (χ4n) is 4.50. The van der Waals surface area contributed by atoms with E-state index in [0.29, 0.717) is 17.9 Å². The van der Waals surface area contributed by atoms with Gasteiger partial charge in [-0.15, -0.1) is 0 Å². The Balaban J connectivity index is 0.00000353. The molecule has 7 nitrogen and oxygen atoms in total. The number of aromatic nitrogens is 1. The highest BCUT2D eigenvalue weighted by atomic mass is 35.5. The number of methoxy groups -OCH3 is 2. The van der Waals surface area contributed by atoms with Crippen molar-refractivity contribution in [2.24, 2.45) is 0 Å². The molecule has 0 radical (unpaired) electrons. The number of nitrogens with one attached hydrogen (secondary N) is 1. The van der Waals surface area contributed by atoms with Crippen LogP contribution in [-0.2, 0) is 11.2 Å². The molecule has 0 spiro atoms. The molecule has 0 saturated carbocycles. The van der Waals surface area contributed by atoms with Gasteiger partial charge in [0.25, 0.3) is 5.91 Å². The number of fused-ring (bicyclic) bond motifs is 1. The quantitative estimate of drug-likeness (QED) is 0.302. The lowest BCUT2D eigenvalue weighted by Crippen LogP contribution is -3.00. The van der Waals surface area contributed by atoms with Crippen LogP contribution in [0.15, 0.2) is 71.3 Å². The van der Waals surface area contributed by atoms with Crippen molar-refractivity contribution in [3.8, 4) is 33.1 Å². The molecule has 5 rings (SSSR count). The molecule has 0 aliphatic rings. The third-order valence-corrected chi connectivity index (χ3v) is 7.58. The Morgan fingerprint density at radius 3 is 2.54 bits per heavy atom. The summed E-state index contributed by atoms with van der Waals surface area (Å²) in [5.74, 6) is 1.91. The zero-order chi connectivity index (χ0) is 26.8. The highest BCUT2D eigenvalue weighted by Gasteiger charge is 2.22. The van der Waals surface area contributed by atoms with Crippen molar-refractivity contribution < 1.29 is 36.8 Å². The molecule has 1 atom stereocenters. The Morgan fingerprint density at radius 1 is 1.03 bits per heavy atom. The van der Waals surface area contributed by atoms with Crippen LogP contribution in [-0.4, -0.2) is 30.5 Å². The van der Waals surface area contributed by atoms with Gasteiger partial charge >= 0.3 is 0 Å². The van der Waals surface area contributed by atoms with Crippen LogP contribution in [0.25, 0.3) is 32.5 Å². The van der Waals surface area contributed by atoms with Crippen molar-refractivity contribution in [1.29, 1.82) is 0 Å². The lowest BCUT2D eigenvalue weighted by atomic mass is 9.99. The maximum Gasteiger partial charge on any atom is 0.283 e. The van der Waals surface area contributed by atoms with Gasteiger partial charge in [-0.3, -0.25) is 4.79 Å². The summed E-state index contributed by atoms with van der Waals surface area (Å²) in [7, 11) is 3.27. The highest BCUT2D eigenvalue weighted by Crippen LogP contribution is 2.40. The first-order valence-electron chi connectivity index (χ1n) is 12.3. The van der Waals surface area contributed by atoms with Crippen LogP contribution in [0.3, 0.4) is 0 Å². The molecule has 3 aromatic carbocycles. The Morgan fingerprint density at radius 2 is 1.79 bits per heavy atom. The Bertz CT molecular complexity index is 1600. The number of carbonyl (C=O) groups excluding carboxylic acids is 1. The number of aryl methyl sites for hydroxylation is 1. The van der Waals surface area contributed by atoms with E-state index in [-0.39, 0.29) is 18.3 Å². The number of furan rings is 1. The maximum atomic E-state index is 13.1. The van der Waals surface area contributed by atoms with Gasteiger partial charge in [-0.1, -0.05) is 30.3 Å². The first kappa shape index (κ1) is 28.2. The molecule has 0 unspecified atom stereocenters. The van der Waals surface area contributed by atoms with Crippen molar-refractivity contribution in [3.63, 3.8) is 0 Å². The van der Waals surface area contributed by atoms with Gasteiger partial charge in [0.05, 0.1) is 31.2 Å². The van der Waals surface area contributed by atoms with Crippen LogP contribution in [0.2, 0.25) is 0 Å². The number of nitrogens with zero attached hydrogens (tertiary/aromatic N) is 1. The lowest BCUT2D eigenvalue weighted by Gasteiger charge is -2.14. The highest BCUT2D eigenvalue weighted by molar-refractivity contribution is 7.10. The van der Waals surface area contributed by atoms with Crippen molar-refractivity contribution in [2.75, 3.05) is 19.5 Å². The molecule has 0 bridgehead atoms. The van der Waals surface area contributed by atoms with Crippen LogP contribution in [0.1, 0.15) is 16.9 Å². The number of amides is 1. The largest absolute Gasteiger partial charge is 1.00 e. The van der Waals surface area contributed by atoms with E-state index in [9.17, 15) is 4.79 Å². The van der Waals surface area contributed by atoms with Gasteiger partial charge in [-0.2, -0.15) is 4.37 Å². The number of para-hydroxylation sites is 1. The van der Waals surface area contributed by atoms with Crippen LogP contribution in [0, 0.1) is 13.8 Å². The third kappa shape index (κ3) is 5.78. The molecule has 0 saturated heterocycles. The van der Waals surface area contributed by atoms with Crippen LogP contribution in [0.5, 0.6) is 11.5 Å². The van der Waals surface area contributed by atoms with Gasteiger partial charge in [-0.05, 0) is 78.0 Å². The maximum absolute atomic E-state index is 13.1. The number of rotatable bonds is 8. The minimum absolute atomic E-state index is 0. The molecule has 0 aliphatic heterocycles. The number of halogens is 1. The number of anilines is 1. The first-order valence-corrected chi connectivity index (χ1v) is 13.1. The molecule has 0 fully saturated rings. The summed E-state index contributed by atoms with van der Waals surface area (Å²) in [6.45, 7) is 4.12. The summed E-state index contributed by atoms with van der Waals surface area (Å²) in [4.78, 5) is 14.2. The molecule has 1 amide bonds. The van der Waals surface area contributed by atoms with E-state index in [1.54, 1.807) is 14.2 Å². The van der Waals surface area contributed by atoms with Gasteiger partial charge in [0, 0.05) is 17.1 Å². The number of ether oxygens (including phenoxy) is 2. The molecule has 2 heterocycles. The fraction of sp³-hybridized carbons (Fsp3) is 0.200. The standard InChI is InChI=1S/C30H29N3O4S.ClH/c1-17-11-21(14-28(36-4)18(17)2)29-23(16-32-38-29)19-9-10-27(35-3)25(13-19)33-30(34)24(31)15-22-12-20-7-5-6-8-26(20)37-22;/h5-14,16,24H,15,31H2,1-4H3,(H,33,34);1H/t24-;/m1./s1. The number of benzene rings is 3. The number of hydrogen-bond acceptors (Lipinski definition) is 6. The normalized spacial score (nSPS) is 11.6. The Kier molecular flexibility index (Phi) is 8.60. The average molecular weight is 564 g/mol. The average Bonchev–Trinajstić information content (AvgIpc) is 3.57. The number of hydrogen-bond donors (Lipinski definition) is 2. The molecule has 2 aromatic heterocycles. The summed E-state index contributed by atoms with van der Waals surface area (Å²) in [6.07, 6.45) is 2.23. The number of quaternary nitrogens is 1. The zero-order valence-corrected chi connectivity index (χ0v) is 23.8. The lowest BCUT2D eigenvalue weighted by molar-refractivity contribution is -0.402. The molecule has 202 valence electrons. The molecule has 9 heteroatoms. The minimum Gasteiger partial charge on any atom is -1.00 e. The van der Waals surface area contributed by atoms with Crippen molar-refractivity contribution in [2.45, 2.75) is 26.3 Å². The van der Waals surface area contributed by atoms with Gasteiger partial charge in [0.1, 0.15) is 22.8 Å². The molecule has 39 heavy (non-hydrogen) atoms. The van der Waals surface area contributed by atoms with E-state index in [0.717, 1.165) is 55.2 Å². The van der Waals surface area contributed by atoms with E-state index in [4.69, 9.17) is 13.9 Å². The summed E-state index contributed by atoms with van der Waals surface area (Å²) in [6, 6.07) is 19.1. The van der Waals surface area contributed by atoms with E-state index in [1.165, 1.54) is 11.5 Å². The second-order valence-corrected chi connectivity index (χ2v) is 10.0. The van der Waals surface area contributed by atoms with Gasteiger partial charge < -0.3 is 37.3 Å². The molecule has 4 N–H and O–H groups in total. The van der Waals surface area contributed by atoms with Gasteiger partial charge in [0.15, 0.2) is 6.04 Å². The Hall–Kier alpha value is -3.85. The van der Waals surface area contributed by atoms with E-state index in [1.807, 2.05) is 67.7 Å². The minimum atomic E-state index is -0.551. The fourth-order valence-corrected chi connectivity index (χ4v) is 5.26. The van der Waals surface area contributed by atoms with E-state index < -0.39 is 6.04 Å². The second-order valence-electron chi connectivity index (χ2n) is 9.24. The Labute approximate surface area is 237 Å².